The molecule has 6 heteroatoms. The third-order valence-electron chi connectivity index (χ3n) is 5.23. The number of piperidine rings is 1. The minimum Gasteiger partial charge on any atom is -0.480 e. The first kappa shape index (κ1) is 14.5. The number of carboxylic acids is 1. The number of likely N-dealkylation sites (N-methyl/N-ethyl adjacent to an activating group) is 1. The summed E-state index contributed by atoms with van der Waals surface area (Å²) in [5.74, 6) is 0.419. The van der Waals surface area contributed by atoms with Gasteiger partial charge in [0.1, 0.15) is 11.9 Å². The Morgan fingerprint density at radius 3 is 2.67 bits per heavy atom. The summed E-state index contributed by atoms with van der Waals surface area (Å²) in [7, 11) is 3.96. The van der Waals surface area contributed by atoms with E-state index in [1.807, 2.05) is 31.4 Å². The van der Waals surface area contributed by atoms with Crippen LogP contribution < -0.4 is 0 Å². The Bertz CT molecular complexity index is 519. The Kier molecular flexibility index (Phi) is 3.75. The van der Waals surface area contributed by atoms with Crippen molar-refractivity contribution in [3.8, 4) is 0 Å². The van der Waals surface area contributed by atoms with Crippen LogP contribution >= 0.6 is 0 Å². The first-order valence-electron chi connectivity index (χ1n) is 7.61. The topological polar surface area (TPSA) is 61.6 Å². The summed E-state index contributed by atoms with van der Waals surface area (Å²) < 4.78 is 2.06. The van der Waals surface area contributed by atoms with Crippen molar-refractivity contribution in [2.45, 2.75) is 31.8 Å². The summed E-state index contributed by atoms with van der Waals surface area (Å²) in [6, 6.07) is -0.300. The van der Waals surface area contributed by atoms with Crippen LogP contribution in [0, 0.1) is 5.41 Å². The molecule has 3 rings (SSSR count). The van der Waals surface area contributed by atoms with E-state index < -0.39 is 5.97 Å². The van der Waals surface area contributed by atoms with Crippen LogP contribution in [-0.4, -0.2) is 63.2 Å². The van der Waals surface area contributed by atoms with E-state index in [2.05, 4.69) is 14.5 Å². The van der Waals surface area contributed by atoms with Gasteiger partial charge in [0.05, 0.1) is 6.54 Å². The van der Waals surface area contributed by atoms with E-state index in [1.54, 1.807) is 0 Å². The van der Waals surface area contributed by atoms with E-state index in [0.717, 1.165) is 51.3 Å². The summed E-state index contributed by atoms with van der Waals surface area (Å²) in [4.78, 5) is 20.1. The molecule has 1 aromatic heterocycles. The van der Waals surface area contributed by atoms with Gasteiger partial charge < -0.3 is 9.67 Å². The molecule has 1 aromatic rings. The molecule has 2 aliphatic rings. The van der Waals surface area contributed by atoms with E-state index >= 15 is 0 Å². The first-order chi connectivity index (χ1) is 9.99. The predicted molar refractivity (Wildman–Crippen MR) is 78.8 cm³/mol. The van der Waals surface area contributed by atoms with E-state index in [1.165, 1.54) is 0 Å². The van der Waals surface area contributed by atoms with Gasteiger partial charge in [-0.25, -0.2) is 4.98 Å². The monoisotopic (exact) mass is 292 g/mol. The minimum atomic E-state index is -0.676. The van der Waals surface area contributed by atoms with E-state index in [-0.39, 0.29) is 11.5 Å². The molecule has 116 valence electrons. The van der Waals surface area contributed by atoms with Gasteiger partial charge in [-0.2, -0.15) is 0 Å². The fourth-order valence-electron chi connectivity index (χ4n) is 3.84. The van der Waals surface area contributed by atoms with Crippen molar-refractivity contribution in [1.82, 2.24) is 19.4 Å². The molecule has 0 aromatic carbocycles. The molecule has 6 nitrogen and oxygen atoms in total. The van der Waals surface area contributed by atoms with Crippen LogP contribution in [0.3, 0.4) is 0 Å². The van der Waals surface area contributed by atoms with Gasteiger partial charge in [-0.3, -0.25) is 14.6 Å². The quantitative estimate of drug-likeness (QED) is 0.892. The lowest BCUT2D eigenvalue weighted by Crippen LogP contribution is -2.41. The highest BCUT2D eigenvalue weighted by Crippen LogP contribution is 2.42. The fourth-order valence-corrected chi connectivity index (χ4v) is 3.84. The lowest BCUT2D eigenvalue weighted by Gasteiger charge is -2.39. The van der Waals surface area contributed by atoms with Crippen LogP contribution in [0.5, 0.6) is 0 Å². The number of nitrogens with zero attached hydrogens (tertiary/aromatic N) is 4. The largest absolute Gasteiger partial charge is 0.480 e. The maximum atomic E-state index is 11.3. The number of imidazole rings is 1. The molecule has 0 saturated carbocycles. The SMILES string of the molecule is CN1CC2(CCN(Cc3nccn3C)CC2)CC1C(=O)O. The summed E-state index contributed by atoms with van der Waals surface area (Å²) >= 11 is 0. The molecule has 0 amide bonds. The van der Waals surface area contributed by atoms with Gasteiger partial charge in [-0.15, -0.1) is 0 Å². The average molecular weight is 292 g/mol. The minimum absolute atomic E-state index is 0.204. The number of aromatic nitrogens is 2. The van der Waals surface area contributed by atoms with Crippen LogP contribution in [0.25, 0.3) is 0 Å². The van der Waals surface area contributed by atoms with Gasteiger partial charge >= 0.3 is 5.97 Å². The third kappa shape index (κ3) is 2.82. The standard InChI is InChI=1S/C15H24N4O2/c1-17-8-5-16-13(17)10-19-6-3-15(4-7-19)9-12(14(20)21)18(2)11-15/h5,8,12H,3-4,6-7,9-11H2,1-2H3,(H,20,21). The molecule has 1 spiro atoms. The smallest absolute Gasteiger partial charge is 0.320 e. The molecule has 0 aliphatic carbocycles. The Morgan fingerprint density at radius 1 is 1.43 bits per heavy atom. The van der Waals surface area contributed by atoms with Gasteiger partial charge in [0.15, 0.2) is 0 Å². The normalized spacial score (nSPS) is 26.5. The second-order valence-electron chi connectivity index (χ2n) is 6.70. The average Bonchev–Trinajstić information content (AvgIpc) is 2.98. The van der Waals surface area contributed by atoms with Crippen molar-refractivity contribution in [3.05, 3.63) is 18.2 Å². The van der Waals surface area contributed by atoms with E-state index in [4.69, 9.17) is 0 Å². The van der Waals surface area contributed by atoms with Crippen molar-refractivity contribution in [1.29, 1.82) is 0 Å². The lowest BCUT2D eigenvalue weighted by atomic mass is 9.76. The van der Waals surface area contributed by atoms with Crippen molar-refractivity contribution in [3.63, 3.8) is 0 Å². The van der Waals surface area contributed by atoms with Crippen LogP contribution in [-0.2, 0) is 18.4 Å². The van der Waals surface area contributed by atoms with Crippen LogP contribution in [0.1, 0.15) is 25.1 Å². The maximum Gasteiger partial charge on any atom is 0.320 e. The fraction of sp³-hybridized carbons (Fsp3) is 0.733. The second-order valence-corrected chi connectivity index (χ2v) is 6.70. The highest BCUT2D eigenvalue weighted by Gasteiger charge is 2.46. The number of hydrogen-bond acceptors (Lipinski definition) is 4. The summed E-state index contributed by atoms with van der Waals surface area (Å²) in [6.45, 7) is 3.87. The Labute approximate surface area is 125 Å². The Morgan fingerprint density at radius 2 is 2.14 bits per heavy atom. The number of aryl methyl sites for hydroxylation is 1. The van der Waals surface area contributed by atoms with Crippen LogP contribution in [0.4, 0.5) is 0 Å². The van der Waals surface area contributed by atoms with Crippen LogP contribution in [0.2, 0.25) is 0 Å². The zero-order chi connectivity index (χ0) is 15.0. The van der Waals surface area contributed by atoms with Gasteiger partial charge in [0, 0.05) is 26.0 Å². The molecule has 1 atom stereocenters. The van der Waals surface area contributed by atoms with Crippen LogP contribution in [0.15, 0.2) is 12.4 Å². The molecule has 2 saturated heterocycles. The third-order valence-corrected chi connectivity index (χ3v) is 5.23. The van der Waals surface area contributed by atoms with E-state index in [9.17, 15) is 9.90 Å². The van der Waals surface area contributed by atoms with Gasteiger partial charge in [0.25, 0.3) is 0 Å². The zero-order valence-corrected chi connectivity index (χ0v) is 12.8. The van der Waals surface area contributed by atoms with Gasteiger partial charge in [-0.1, -0.05) is 0 Å². The lowest BCUT2D eigenvalue weighted by molar-refractivity contribution is -0.141. The van der Waals surface area contributed by atoms with Crippen molar-refractivity contribution >= 4 is 5.97 Å². The molecule has 0 radical (unpaired) electrons. The number of likely N-dealkylation sites (tertiary alicyclic amines) is 2. The Balaban J connectivity index is 1.58. The Hall–Kier alpha value is -1.40. The van der Waals surface area contributed by atoms with Gasteiger partial charge in [0.2, 0.25) is 0 Å². The van der Waals surface area contributed by atoms with Crippen molar-refractivity contribution < 1.29 is 9.90 Å². The number of carbonyl (C=O) groups is 1. The zero-order valence-electron chi connectivity index (χ0n) is 12.8. The number of aliphatic carboxylic acids is 1. The van der Waals surface area contributed by atoms with Gasteiger partial charge in [-0.05, 0) is 44.8 Å². The molecule has 3 heterocycles. The molecular weight excluding hydrogens is 268 g/mol. The molecule has 0 bridgehead atoms. The molecule has 21 heavy (non-hydrogen) atoms. The first-order valence-corrected chi connectivity index (χ1v) is 7.61. The number of carboxylic acid groups (broad SMARTS) is 1. The number of rotatable bonds is 3. The van der Waals surface area contributed by atoms with Crippen molar-refractivity contribution in [2.75, 3.05) is 26.7 Å². The molecular formula is C15H24N4O2. The summed E-state index contributed by atoms with van der Waals surface area (Å²) in [5.41, 5.74) is 0.204. The highest BCUT2D eigenvalue weighted by atomic mass is 16.4. The molecule has 1 N–H and O–H groups in total. The molecule has 2 fully saturated rings. The molecule has 1 unspecified atom stereocenters. The number of hydrogen-bond donors (Lipinski definition) is 1. The highest BCUT2D eigenvalue weighted by molar-refractivity contribution is 5.74. The van der Waals surface area contributed by atoms with Crippen molar-refractivity contribution in [2.24, 2.45) is 12.5 Å². The summed E-state index contributed by atoms with van der Waals surface area (Å²) in [5, 5.41) is 9.29. The molecule has 2 aliphatic heterocycles. The maximum absolute atomic E-state index is 11.3. The summed E-state index contributed by atoms with van der Waals surface area (Å²) in [6.07, 6.45) is 6.79. The second kappa shape index (κ2) is 5.42. The predicted octanol–water partition coefficient (Wildman–Crippen LogP) is 0.791. The van der Waals surface area contributed by atoms with E-state index in [0.29, 0.717) is 0 Å².